The van der Waals surface area contributed by atoms with Gasteiger partial charge in [0.2, 0.25) is 0 Å². The van der Waals surface area contributed by atoms with Gasteiger partial charge in [-0.15, -0.1) is 0 Å². The molecule has 0 bridgehead atoms. The Morgan fingerprint density at radius 1 is 1.21 bits per heavy atom. The van der Waals surface area contributed by atoms with Crippen LogP contribution in [-0.2, 0) is 0 Å². The molecule has 0 atom stereocenters. The number of nitrogens with zero attached hydrogens (tertiary/aromatic N) is 3. The summed E-state index contributed by atoms with van der Waals surface area (Å²) in [6, 6.07) is 11.1. The van der Waals surface area contributed by atoms with Crippen molar-refractivity contribution in [1.82, 2.24) is 15.1 Å². The van der Waals surface area contributed by atoms with Crippen LogP contribution in [0.3, 0.4) is 0 Å². The van der Waals surface area contributed by atoms with E-state index < -0.39 is 4.92 Å². The molecule has 0 saturated carbocycles. The monoisotopic (exact) mass is 382 g/mol. The lowest BCUT2D eigenvalue weighted by atomic mass is 10.2. The van der Waals surface area contributed by atoms with E-state index in [4.69, 9.17) is 4.42 Å². The van der Waals surface area contributed by atoms with Crippen LogP contribution in [0.2, 0.25) is 0 Å². The number of furan rings is 1. The van der Waals surface area contributed by atoms with E-state index >= 15 is 0 Å². The van der Waals surface area contributed by atoms with Crippen molar-refractivity contribution in [2.75, 3.05) is 6.54 Å². The van der Waals surface area contributed by atoms with E-state index in [0.29, 0.717) is 29.4 Å². The van der Waals surface area contributed by atoms with E-state index in [-0.39, 0.29) is 11.6 Å². The molecule has 0 unspecified atom stereocenters. The van der Waals surface area contributed by atoms with Crippen LogP contribution in [0, 0.1) is 10.1 Å². The van der Waals surface area contributed by atoms with Crippen LogP contribution < -0.4 is 5.32 Å². The van der Waals surface area contributed by atoms with Crippen molar-refractivity contribution in [3.05, 3.63) is 64.5 Å². The van der Waals surface area contributed by atoms with E-state index in [1.807, 2.05) is 0 Å². The molecule has 146 valence electrons. The molecule has 28 heavy (non-hydrogen) atoms. The SMILES string of the molecule is CCCCCCNC(=O)c1cc(-c2ccco2)nn1-c1ccc([N+](=O)[O-])cc1. The molecule has 3 rings (SSSR count). The topological polar surface area (TPSA) is 103 Å². The predicted octanol–water partition coefficient (Wildman–Crippen LogP) is 4.35. The highest BCUT2D eigenvalue weighted by Crippen LogP contribution is 2.23. The summed E-state index contributed by atoms with van der Waals surface area (Å²) in [6.07, 6.45) is 5.78. The molecule has 0 radical (unpaired) electrons. The Labute approximate surface area is 162 Å². The number of carbonyl (C=O) groups is 1. The minimum Gasteiger partial charge on any atom is -0.463 e. The zero-order chi connectivity index (χ0) is 19.9. The minimum absolute atomic E-state index is 0.0240. The lowest BCUT2D eigenvalue weighted by molar-refractivity contribution is -0.384. The molecule has 1 N–H and O–H groups in total. The number of nitrogens with one attached hydrogen (secondary N) is 1. The summed E-state index contributed by atoms with van der Waals surface area (Å²) < 4.78 is 6.86. The van der Waals surface area contributed by atoms with Crippen LogP contribution >= 0.6 is 0 Å². The van der Waals surface area contributed by atoms with Gasteiger partial charge in [-0.3, -0.25) is 14.9 Å². The van der Waals surface area contributed by atoms with Crippen molar-refractivity contribution < 1.29 is 14.1 Å². The van der Waals surface area contributed by atoms with Gasteiger partial charge in [0.15, 0.2) is 5.76 Å². The highest BCUT2D eigenvalue weighted by atomic mass is 16.6. The Morgan fingerprint density at radius 3 is 2.64 bits per heavy atom. The van der Waals surface area contributed by atoms with Gasteiger partial charge in [-0.2, -0.15) is 5.10 Å². The van der Waals surface area contributed by atoms with Crippen molar-refractivity contribution in [1.29, 1.82) is 0 Å². The van der Waals surface area contributed by atoms with Crippen LogP contribution in [0.4, 0.5) is 5.69 Å². The third-order valence-electron chi connectivity index (χ3n) is 4.34. The predicted molar refractivity (Wildman–Crippen MR) is 104 cm³/mol. The van der Waals surface area contributed by atoms with E-state index in [0.717, 1.165) is 25.7 Å². The van der Waals surface area contributed by atoms with Crippen molar-refractivity contribution >= 4 is 11.6 Å². The number of benzene rings is 1. The summed E-state index contributed by atoms with van der Waals surface area (Å²) in [5.41, 5.74) is 1.39. The fourth-order valence-corrected chi connectivity index (χ4v) is 2.84. The molecular weight excluding hydrogens is 360 g/mol. The number of aromatic nitrogens is 2. The summed E-state index contributed by atoms with van der Waals surface area (Å²) in [5.74, 6) is 0.290. The van der Waals surface area contributed by atoms with Gasteiger partial charge >= 0.3 is 0 Å². The van der Waals surface area contributed by atoms with E-state index in [1.165, 1.54) is 23.1 Å². The first-order chi connectivity index (χ1) is 13.6. The Morgan fingerprint density at radius 2 is 2.00 bits per heavy atom. The van der Waals surface area contributed by atoms with Gasteiger partial charge in [0.05, 0.1) is 16.9 Å². The van der Waals surface area contributed by atoms with Crippen molar-refractivity contribution in [2.24, 2.45) is 0 Å². The number of hydrogen-bond donors (Lipinski definition) is 1. The molecule has 8 nitrogen and oxygen atoms in total. The summed E-state index contributed by atoms with van der Waals surface area (Å²) in [7, 11) is 0. The summed E-state index contributed by atoms with van der Waals surface area (Å²) in [4.78, 5) is 23.1. The van der Waals surface area contributed by atoms with Gasteiger partial charge in [-0.25, -0.2) is 4.68 Å². The molecule has 0 fully saturated rings. The second-order valence-electron chi connectivity index (χ2n) is 6.39. The number of rotatable bonds is 9. The first-order valence-electron chi connectivity index (χ1n) is 9.27. The smallest absolute Gasteiger partial charge is 0.270 e. The molecule has 0 aliphatic carbocycles. The van der Waals surface area contributed by atoms with Gasteiger partial charge in [0, 0.05) is 24.7 Å². The summed E-state index contributed by atoms with van der Waals surface area (Å²) in [6.45, 7) is 2.72. The van der Waals surface area contributed by atoms with Crippen LogP contribution in [0.15, 0.2) is 53.1 Å². The Hall–Kier alpha value is -3.42. The van der Waals surface area contributed by atoms with Crippen molar-refractivity contribution in [3.8, 4) is 17.1 Å². The molecule has 1 aromatic carbocycles. The molecule has 0 spiro atoms. The van der Waals surface area contributed by atoms with Gasteiger partial charge in [0.1, 0.15) is 11.4 Å². The Bertz CT molecular complexity index is 930. The zero-order valence-corrected chi connectivity index (χ0v) is 15.6. The first-order valence-corrected chi connectivity index (χ1v) is 9.27. The van der Waals surface area contributed by atoms with Crippen molar-refractivity contribution in [3.63, 3.8) is 0 Å². The fraction of sp³-hybridized carbons (Fsp3) is 0.300. The second-order valence-corrected chi connectivity index (χ2v) is 6.39. The fourth-order valence-electron chi connectivity index (χ4n) is 2.84. The first kappa shape index (κ1) is 19.3. The van der Waals surface area contributed by atoms with Gasteiger partial charge in [-0.1, -0.05) is 26.2 Å². The number of nitro groups is 1. The number of hydrogen-bond acceptors (Lipinski definition) is 5. The average Bonchev–Trinajstić information content (AvgIpc) is 3.37. The van der Waals surface area contributed by atoms with Crippen LogP contribution in [0.1, 0.15) is 43.1 Å². The maximum absolute atomic E-state index is 12.7. The summed E-state index contributed by atoms with van der Waals surface area (Å²) in [5, 5.41) is 18.3. The molecule has 2 heterocycles. The average molecular weight is 382 g/mol. The van der Waals surface area contributed by atoms with Crippen LogP contribution in [-0.4, -0.2) is 27.2 Å². The maximum Gasteiger partial charge on any atom is 0.270 e. The number of non-ortho nitro benzene ring substituents is 1. The zero-order valence-electron chi connectivity index (χ0n) is 15.6. The number of carbonyl (C=O) groups excluding carboxylic acids is 1. The van der Waals surface area contributed by atoms with Crippen LogP contribution in [0.25, 0.3) is 17.1 Å². The lowest BCUT2D eigenvalue weighted by Crippen LogP contribution is -2.26. The minimum atomic E-state index is -0.467. The van der Waals surface area contributed by atoms with E-state index in [1.54, 1.807) is 30.3 Å². The normalized spacial score (nSPS) is 10.8. The molecule has 2 aromatic heterocycles. The van der Waals surface area contributed by atoms with Gasteiger partial charge < -0.3 is 9.73 Å². The second kappa shape index (κ2) is 8.98. The molecule has 0 saturated heterocycles. The lowest BCUT2D eigenvalue weighted by Gasteiger charge is -2.08. The Kier molecular flexibility index (Phi) is 6.21. The number of unbranched alkanes of at least 4 members (excludes halogenated alkanes) is 3. The highest BCUT2D eigenvalue weighted by molar-refractivity contribution is 5.94. The quantitative estimate of drug-likeness (QED) is 0.337. The Balaban J connectivity index is 1.87. The van der Waals surface area contributed by atoms with Gasteiger partial charge in [-0.05, 0) is 30.7 Å². The maximum atomic E-state index is 12.7. The number of nitro benzene ring substituents is 1. The van der Waals surface area contributed by atoms with E-state index in [2.05, 4.69) is 17.3 Å². The van der Waals surface area contributed by atoms with Crippen LogP contribution in [0.5, 0.6) is 0 Å². The molecular formula is C20H22N4O4. The molecule has 0 aliphatic rings. The molecule has 8 heteroatoms. The largest absolute Gasteiger partial charge is 0.463 e. The van der Waals surface area contributed by atoms with Crippen molar-refractivity contribution in [2.45, 2.75) is 32.6 Å². The third-order valence-corrected chi connectivity index (χ3v) is 4.34. The standard InChI is InChI=1S/C20H22N4O4/c1-2-3-4-5-12-21-20(25)18-14-17(19-7-6-13-28-19)22-23(18)15-8-10-16(11-9-15)24(26)27/h6-11,13-14H,2-5,12H2,1H3,(H,21,25). The highest BCUT2D eigenvalue weighted by Gasteiger charge is 2.19. The molecule has 1 amide bonds. The van der Waals surface area contributed by atoms with E-state index in [9.17, 15) is 14.9 Å². The van der Waals surface area contributed by atoms with Gasteiger partial charge in [0.25, 0.3) is 11.6 Å². The molecule has 3 aromatic rings. The third kappa shape index (κ3) is 4.46. The summed E-state index contributed by atoms with van der Waals surface area (Å²) >= 11 is 0. The molecule has 0 aliphatic heterocycles. The number of amides is 1.